The Bertz CT molecular complexity index is 842. The second-order valence-corrected chi connectivity index (χ2v) is 6.57. The van der Waals surface area contributed by atoms with E-state index in [1.165, 1.54) is 6.20 Å². The van der Waals surface area contributed by atoms with Gasteiger partial charge in [-0.1, -0.05) is 12.1 Å². The normalized spacial score (nSPS) is 16.7. The molecule has 148 valence electrons. The summed E-state index contributed by atoms with van der Waals surface area (Å²) in [5.74, 6) is -0.491. The SMILES string of the molecule is COCCN1CCC(NC(=O)c2cccnc2Oc2ccccc2C(N)=O)C1. The number of nitrogens with one attached hydrogen (secondary N) is 1. The van der Waals surface area contributed by atoms with E-state index in [0.717, 1.165) is 26.1 Å². The van der Waals surface area contributed by atoms with E-state index in [4.69, 9.17) is 15.2 Å². The maximum Gasteiger partial charge on any atom is 0.257 e. The van der Waals surface area contributed by atoms with Crippen molar-refractivity contribution in [3.63, 3.8) is 0 Å². The minimum absolute atomic E-state index is 0.0512. The molecule has 0 bridgehead atoms. The van der Waals surface area contributed by atoms with E-state index in [2.05, 4.69) is 15.2 Å². The zero-order valence-corrected chi connectivity index (χ0v) is 15.8. The lowest BCUT2D eigenvalue weighted by Crippen LogP contribution is -2.37. The molecule has 0 saturated carbocycles. The number of hydrogen-bond acceptors (Lipinski definition) is 6. The lowest BCUT2D eigenvalue weighted by Gasteiger charge is -2.17. The molecule has 1 aromatic carbocycles. The largest absolute Gasteiger partial charge is 0.437 e. The number of likely N-dealkylation sites (tertiary alicyclic amines) is 1. The van der Waals surface area contributed by atoms with Crippen molar-refractivity contribution in [3.8, 4) is 11.6 Å². The molecule has 1 unspecified atom stereocenters. The number of hydrogen-bond donors (Lipinski definition) is 2. The van der Waals surface area contributed by atoms with Crippen LogP contribution in [0.3, 0.4) is 0 Å². The molecular formula is C20H24N4O4. The Kier molecular flexibility index (Phi) is 6.57. The van der Waals surface area contributed by atoms with Crippen molar-refractivity contribution < 1.29 is 19.1 Å². The molecule has 2 amide bonds. The van der Waals surface area contributed by atoms with Crippen molar-refractivity contribution >= 4 is 11.8 Å². The number of amides is 2. The van der Waals surface area contributed by atoms with Crippen LogP contribution in [0.2, 0.25) is 0 Å². The summed E-state index contributed by atoms with van der Waals surface area (Å²) in [7, 11) is 1.68. The highest BCUT2D eigenvalue weighted by Gasteiger charge is 2.25. The summed E-state index contributed by atoms with van der Waals surface area (Å²) in [6.45, 7) is 3.20. The number of aromatic nitrogens is 1. The number of rotatable bonds is 8. The molecule has 1 aliphatic rings. The van der Waals surface area contributed by atoms with Gasteiger partial charge in [0.2, 0.25) is 5.88 Å². The van der Waals surface area contributed by atoms with Crippen molar-refractivity contribution in [1.82, 2.24) is 15.2 Å². The molecule has 1 atom stereocenters. The molecule has 1 aliphatic heterocycles. The maximum absolute atomic E-state index is 12.8. The molecule has 0 spiro atoms. The molecule has 3 N–H and O–H groups in total. The Morgan fingerprint density at radius 1 is 1.25 bits per heavy atom. The van der Waals surface area contributed by atoms with Crippen molar-refractivity contribution in [3.05, 3.63) is 53.7 Å². The highest BCUT2D eigenvalue weighted by Crippen LogP contribution is 2.26. The van der Waals surface area contributed by atoms with Gasteiger partial charge < -0.3 is 20.5 Å². The first-order valence-corrected chi connectivity index (χ1v) is 9.12. The van der Waals surface area contributed by atoms with E-state index >= 15 is 0 Å². The van der Waals surface area contributed by atoms with E-state index < -0.39 is 5.91 Å². The fourth-order valence-corrected chi connectivity index (χ4v) is 3.15. The Hall–Kier alpha value is -2.97. The van der Waals surface area contributed by atoms with Gasteiger partial charge in [-0.05, 0) is 30.7 Å². The van der Waals surface area contributed by atoms with Crippen LogP contribution in [0.25, 0.3) is 0 Å². The van der Waals surface area contributed by atoms with Gasteiger partial charge in [-0.15, -0.1) is 0 Å². The van der Waals surface area contributed by atoms with Crippen LogP contribution in [0.1, 0.15) is 27.1 Å². The van der Waals surface area contributed by atoms with Crippen molar-refractivity contribution in [2.24, 2.45) is 5.73 Å². The first-order valence-electron chi connectivity index (χ1n) is 9.12. The number of carbonyl (C=O) groups is 2. The number of carbonyl (C=O) groups excluding carboxylic acids is 2. The van der Waals surface area contributed by atoms with Crippen LogP contribution >= 0.6 is 0 Å². The van der Waals surface area contributed by atoms with Gasteiger partial charge in [-0.2, -0.15) is 0 Å². The van der Waals surface area contributed by atoms with Gasteiger partial charge in [0.25, 0.3) is 11.8 Å². The number of para-hydroxylation sites is 1. The van der Waals surface area contributed by atoms with Crippen molar-refractivity contribution in [1.29, 1.82) is 0 Å². The fourth-order valence-electron chi connectivity index (χ4n) is 3.15. The monoisotopic (exact) mass is 384 g/mol. The van der Waals surface area contributed by atoms with Crippen LogP contribution in [0.15, 0.2) is 42.6 Å². The van der Waals surface area contributed by atoms with E-state index in [-0.39, 0.29) is 29.1 Å². The lowest BCUT2D eigenvalue weighted by atomic mass is 10.2. The Balaban J connectivity index is 1.71. The van der Waals surface area contributed by atoms with E-state index in [0.29, 0.717) is 12.2 Å². The summed E-state index contributed by atoms with van der Waals surface area (Å²) in [6, 6.07) is 9.94. The fraction of sp³-hybridized carbons (Fsp3) is 0.350. The molecule has 3 rings (SSSR count). The minimum Gasteiger partial charge on any atom is -0.437 e. The summed E-state index contributed by atoms with van der Waals surface area (Å²) >= 11 is 0. The smallest absolute Gasteiger partial charge is 0.257 e. The predicted molar refractivity (Wildman–Crippen MR) is 103 cm³/mol. The average molecular weight is 384 g/mol. The molecule has 8 nitrogen and oxygen atoms in total. The molecule has 28 heavy (non-hydrogen) atoms. The van der Waals surface area contributed by atoms with Gasteiger partial charge in [0.05, 0.1) is 12.2 Å². The molecule has 0 aliphatic carbocycles. The Morgan fingerprint density at radius 2 is 2.04 bits per heavy atom. The summed E-state index contributed by atoms with van der Waals surface area (Å²) < 4.78 is 10.9. The van der Waals surface area contributed by atoms with Gasteiger partial charge in [0.1, 0.15) is 11.3 Å². The van der Waals surface area contributed by atoms with Crippen LogP contribution < -0.4 is 15.8 Å². The van der Waals surface area contributed by atoms with Crippen LogP contribution in [-0.4, -0.2) is 61.1 Å². The molecular weight excluding hydrogens is 360 g/mol. The van der Waals surface area contributed by atoms with Crippen molar-refractivity contribution in [2.75, 3.05) is 33.4 Å². The van der Waals surface area contributed by atoms with Crippen LogP contribution in [-0.2, 0) is 4.74 Å². The van der Waals surface area contributed by atoms with Gasteiger partial charge in [-0.25, -0.2) is 4.98 Å². The first kappa shape index (κ1) is 19.8. The van der Waals surface area contributed by atoms with Crippen molar-refractivity contribution in [2.45, 2.75) is 12.5 Å². The third kappa shape index (κ3) is 4.85. The predicted octanol–water partition coefficient (Wildman–Crippen LogP) is 1.42. The number of ether oxygens (including phenoxy) is 2. The Labute approximate surface area is 163 Å². The highest BCUT2D eigenvalue weighted by molar-refractivity contribution is 5.97. The molecule has 8 heteroatoms. The van der Waals surface area contributed by atoms with E-state index in [1.54, 1.807) is 43.5 Å². The van der Waals surface area contributed by atoms with Gasteiger partial charge in [-0.3, -0.25) is 14.5 Å². The van der Waals surface area contributed by atoms with Crippen LogP contribution in [0.5, 0.6) is 11.6 Å². The zero-order valence-electron chi connectivity index (χ0n) is 15.8. The summed E-state index contributed by atoms with van der Waals surface area (Å²) in [4.78, 5) is 30.8. The molecule has 0 radical (unpaired) electrons. The molecule has 1 fully saturated rings. The minimum atomic E-state index is -0.611. The zero-order chi connectivity index (χ0) is 19.9. The third-order valence-electron chi connectivity index (χ3n) is 4.59. The molecule has 2 aromatic rings. The maximum atomic E-state index is 12.8. The number of nitrogens with zero attached hydrogens (tertiary/aromatic N) is 2. The number of nitrogens with two attached hydrogens (primary N) is 1. The van der Waals surface area contributed by atoms with Gasteiger partial charge in [0.15, 0.2) is 0 Å². The number of pyridine rings is 1. The second-order valence-electron chi connectivity index (χ2n) is 6.57. The molecule has 1 aromatic heterocycles. The standard InChI is InChI=1S/C20H24N4O4/c1-27-12-11-24-10-8-14(13-24)23-19(26)16-6-4-9-22-20(16)28-17-7-3-2-5-15(17)18(21)25/h2-7,9,14H,8,10-13H2,1H3,(H2,21,25)(H,23,26). The number of primary amides is 1. The van der Waals surface area contributed by atoms with Crippen LogP contribution in [0, 0.1) is 0 Å². The average Bonchev–Trinajstić information content (AvgIpc) is 3.14. The second kappa shape index (κ2) is 9.29. The van der Waals surface area contributed by atoms with E-state index in [1.807, 2.05) is 0 Å². The number of benzene rings is 1. The number of methoxy groups -OCH3 is 1. The van der Waals surface area contributed by atoms with Gasteiger partial charge >= 0.3 is 0 Å². The summed E-state index contributed by atoms with van der Waals surface area (Å²) in [5.41, 5.74) is 5.92. The Morgan fingerprint density at radius 3 is 2.82 bits per heavy atom. The third-order valence-corrected chi connectivity index (χ3v) is 4.59. The van der Waals surface area contributed by atoms with E-state index in [9.17, 15) is 9.59 Å². The van der Waals surface area contributed by atoms with Gasteiger partial charge in [0, 0.05) is 39.0 Å². The van der Waals surface area contributed by atoms with Crippen LogP contribution in [0.4, 0.5) is 0 Å². The first-order chi connectivity index (χ1) is 13.6. The molecule has 1 saturated heterocycles. The lowest BCUT2D eigenvalue weighted by molar-refractivity contribution is 0.0933. The summed E-state index contributed by atoms with van der Waals surface area (Å²) in [5, 5.41) is 3.03. The summed E-state index contributed by atoms with van der Waals surface area (Å²) in [6.07, 6.45) is 2.40. The topological polar surface area (TPSA) is 107 Å². The molecule has 2 heterocycles. The quantitative estimate of drug-likeness (QED) is 0.713. The highest BCUT2D eigenvalue weighted by atomic mass is 16.5.